The number of morpholine rings is 1. The number of fused-ring (bicyclic) bond motifs is 1. The van der Waals surface area contributed by atoms with Crippen molar-refractivity contribution >= 4 is 12.1 Å². The highest BCUT2D eigenvalue weighted by atomic mass is 16.6. The van der Waals surface area contributed by atoms with Crippen molar-refractivity contribution in [2.24, 2.45) is 0 Å². The first-order valence-corrected chi connectivity index (χ1v) is 3.49. The molecule has 0 aromatic rings. The van der Waals surface area contributed by atoms with Crippen LogP contribution in [0.25, 0.3) is 0 Å². The summed E-state index contributed by atoms with van der Waals surface area (Å²) in [6.45, 7) is 0.178. The predicted octanol–water partition coefficient (Wildman–Crippen LogP) is -0.799. The van der Waals surface area contributed by atoms with E-state index in [9.17, 15) is 9.59 Å². The fourth-order valence-corrected chi connectivity index (χ4v) is 1.54. The third-order valence-corrected chi connectivity index (χ3v) is 2.14. The van der Waals surface area contributed by atoms with E-state index in [4.69, 9.17) is 14.9 Å². The lowest BCUT2D eigenvalue weighted by Crippen LogP contribution is -2.44. The van der Waals surface area contributed by atoms with Gasteiger partial charge in [-0.05, 0) is 0 Å². The maximum atomic E-state index is 10.6. The molecule has 6 nitrogen and oxygen atoms in total. The smallest absolute Gasteiger partial charge is 0.408 e. The normalized spacial score (nSPS) is 37.7. The summed E-state index contributed by atoms with van der Waals surface area (Å²) in [7, 11) is 0. The molecule has 0 spiro atoms. The third kappa shape index (κ3) is 0.845. The Morgan fingerprint density at radius 3 is 2.50 bits per heavy atom. The Hall–Kier alpha value is -1.30. The number of epoxide rings is 1. The van der Waals surface area contributed by atoms with Crippen molar-refractivity contribution in [3.8, 4) is 0 Å². The van der Waals surface area contributed by atoms with Gasteiger partial charge in [-0.1, -0.05) is 0 Å². The first-order chi connectivity index (χ1) is 5.61. The lowest BCUT2D eigenvalue weighted by molar-refractivity contribution is -0.143. The van der Waals surface area contributed by atoms with Crippen LogP contribution < -0.4 is 0 Å². The summed E-state index contributed by atoms with van der Waals surface area (Å²) in [6, 6.07) is -1.01. The van der Waals surface area contributed by atoms with E-state index in [-0.39, 0.29) is 12.6 Å². The zero-order chi connectivity index (χ0) is 8.88. The van der Waals surface area contributed by atoms with E-state index in [1.54, 1.807) is 0 Å². The second-order valence-electron chi connectivity index (χ2n) is 2.86. The number of nitrogens with zero attached hydrogens (tertiary/aromatic N) is 1. The molecule has 0 saturated carbocycles. The van der Waals surface area contributed by atoms with Gasteiger partial charge in [0.1, 0.15) is 12.2 Å². The van der Waals surface area contributed by atoms with E-state index < -0.39 is 24.2 Å². The minimum absolute atomic E-state index is 0.178. The average molecular weight is 173 g/mol. The number of carboxylic acid groups (broad SMARTS) is 2. The van der Waals surface area contributed by atoms with E-state index in [1.165, 1.54) is 0 Å². The molecule has 2 aliphatic heterocycles. The largest absolute Gasteiger partial charge is 0.480 e. The van der Waals surface area contributed by atoms with Gasteiger partial charge in [-0.15, -0.1) is 0 Å². The molecule has 0 unspecified atom stereocenters. The van der Waals surface area contributed by atoms with Gasteiger partial charge < -0.3 is 14.9 Å². The molecule has 0 aromatic heterocycles. The second kappa shape index (κ2) is 2.10. The molecule has 2 aliphatic rings. The number of aliphatic carboxylic acids is 1. The van der Waals surface area contributed by atoms with Gasteiger partial charge in [0.05, 0.1) is 6.54 Å². The summed E-state index contributed by atoms with van der Waals surface area (Å²) in [6.07, 6.45) is -1.81. The molecule has 0 bridgehead atoms. The van der Waals surface area contributed by atoms with E-state index in [2.05, 4.69) is 0 Å². The molecule has 66 valence electrons. The predicted molar refractivity (Wildman–Crippen MR) is 34.8 cm³/mol. The number of hydrogen-bond acceptors (Lipinski definition) is 3. The Morgan fingerprint density at radius 1 is 1.42 bits per heavy atom. The van der Waals surface area contributed by atoms with Gasteiger partial charge in [0.15, 0.2) is 6.04 Å². The molecule has 6 heteroatoms. The third-order valence-electron chi connectivity index (χ3n) is 2.14. The van der Waals surface area contributed by atoms with Crippen LogP contribution >= 0.6 is 0 Å². The molecule has 0 aromatic carbocycles. The molecule has 0 aliphatic carbocycles. The second-order valence-corrected chi connectivity index (χ2v) is 2.86. The summed E-state index contributed by atoms with van der Waals surface area (Å²) < 4.78 is 4.92. The van der Waals surface area contributed by atoms with Gasteiger partial charge in [-0.2, -0.15) is 0 Å². The molecule has 0 radical (unpaired) electrons. The molecule has 2 N–H and O–H groups in total. The van der Waals surface area contributed by atoms with E-state index in [0.29, 0.717) is 0 Å². The van der Waals surface area contributed by atoms with Crippen LogP contribution in [-0.4, -0.2) is 52.0 Å². The average Bonchev–Trinajstić information content (AvgIpc) is 2.60. The molecular formula is C6H7NO5. The molecule has 2 saturated heterocycles. The number of carbonyl (C=O) groups is 2. The number of rotatable bonds is 1. The van der Waals surface area contributed by atoms with E-state index >= 15 is 0 Å². The summed E-state index contributed by atoms with van der Waals surface area (Å²) in [5.74, 6) is -1.14. The Morgan fingerprint density at radius 2 is 2.08 bits per heavy atom. The zero-order valence-electron chi connectivity index (χ0n) is 6.01. The highest BCUT2D eigenvalue weighted by Crippen LogP contribution is 2.36. The van der Waals surface area contributed by atoms with Crippen LogP contribution in [0.3, 0.4) is 0 Å². The summed E-state index contributed by atoms with van der Waals surface area (Å²) in [5.41, 5.74) is 0. The lowest BCUT2D eigenvalue weighted by atomic mass is 10.2. The summed E-state index contributed by atoms with van der Waals surface area (Å²) in [4.78, 5) is 22.0. The Labute approximate surface area is 67.3 Å². The van der Waals surface area contributed by atoms with Crippen LogP contribution in [0.15, 0.2) is 0 Å². The standard InChI is InChI=1S/C6H7NO5/c8-5(9)3-4-2(12-4)1-7(3)6(10)11/h2-4H,1H2,(H,8,9)(H,10,11)/t2-,3-,4+/m0/s1. The van der Waals surface area contributed by atoms with Crippen LogP contribution in [0, 0.1) is 0 Å². The SMILES string of the molecule is O=C(O)[C@@H]1[C@@H]2O[C@H]2CN1C(=O)O. The molecule has 3 atom stereocenters. The fraction of sp³-hybridized carbons (Fsp3) is 0.667. The fourth-order valence-electron chi connectivity index (χ4n) is 1.54. The Balaban J connectivity index is 2.16. The van der Waals surface area contributed by atoms with Gasteiger partial charge in [0.25, 0.3) is 0 Å². The van der Waals surface area contributed by atoms with E-state index in [0.717, 1.165) is 4.90 Å². The quantitative estimate of drug-likeness (QED) is 0.506. The van der Waals surface area contributed by atoms with Crippen molar-refractivity contribution in [1.29, 1.82) is 0 Å². The zero-order valence-corrected chi connectivity index (χ0v) is 6.01. The Bertz CT molecular complexity index is 252. The van der Waals surface area contributed by atoms with Crippen LogP contribution in [0.2, 0.25) is 0 Å². The van der Waals surface area contributed by atoms with Crippen molar-refractivity contribution < 1.29 is 24.5 Å². The molecule has 1 amide bonds. The number of amides is 1. The van der Waals surface area contributed by atoms with Crippen molar-refractivity contribution in [3.05, 3.63) is 0 Å². The van der Waals surface area contributed by atoms with Gasteiger partial charge in [0, 0.05) is 0 Å². The highest BCUT2D eigenvalue weighted by Gasteiger charge is 2.59. The highest BCUT2D eigenvalue weighted by molar-refractivity contribution is 5.81. The van der Waals surface area contributed by atoms with Crippen LogP contribution in [0.1, 0.15) is 0 Å². The van der Waals surface area contributed by atoms with Crippen LogP contribution in [0.5, 0.6) is 0 Å². The molecule has 2 fully saturated rings. The molecule has 12 heavy (non-hydrogen) atoms. The van der Waals surface area contributed by atoms with Crippen molar-refractivity contribution in [2.75, 3.05) is 6.54 Å². The Kier molecular flexibility index (Phi) is 1.29. The van der Waals surface area contributed by atoms with Crippen molar-refractivity contribution in [1.82, 2.24) is 4.90 Å². The van der Waals surface area contributed by atoms with Crippen molar-refractivity contribution in [3.63, 3.8) is 0 Å². The number of likely N-dealkylation sites (tertiary alicyclic amines) is 1. The van der Waals surface area contributed by atoms with Gasteiger partial charge in [0.2, 0.25) is 0 Å². The van der Waals surface area contributed by atoms with Crippen molar-refractivity contribution in [2.45, 2.75) is 18.2 Å². The topological polar surface area (TPSA) is 90.4 Å². The number of carboxylic acids is 1. The van der Waals surface area contributed by atoms with Gasteiger partial charge in [-0.25, -0.2) is 9.59 Å². The maximum absolute atomic E-state index is 10.6. The minimum Gasteiger partial charge on any atom is -0.480 e. The lowest BCUT2D eigenvalue weighted by Gasteiger charge is -2.19. The first-order valence-electron chi connectivity index (χ1n) is 3.49. The summed E-state index contributed by atoms with van der Waals surface area (Å²) >= 11 is 0. The molecular weight excluding hydrogens is 166 g/mol. The number of ether oxygens (including phenoxy) is 1. The monoisotopic (exact) mass is 173 g/mol. The molecule has 2 heterocycles. The maximum Gasteiger partial charge on any atom is 0.408 e. The minimum atomic E-state index is -1.20. The van der Waals surface area contributed by atoms with E-state index in [1.807, 2.05) is 0 Å². The number of hydrogen-bond donors (Lipinski definition) is 2. The van der Waals surface area contributed by atoms with Crippen LogP contribution in [-0.2, 0) is 9.53 Å². The first kappa shape index (κ1) is 7.35. The van der Waals surface area contributed by atoms with Crippen LogP contribution in [0.4, 0.5) is 4.79 Å². The molecule has 2 rings (SSSR count). The van der Waals surface area contributed by atoms with Gasteiger partial charge >= 0.3 is 12.1 Å². The van der Waals surface area contributed by atoms with Gasteiger partial charge in [-0.3, -0.25) is 4.90 Å². The summed E-state index contributed by atoms with van der Waals surface area (Å²) in [5, 5.41) is 17.2.